The van der Waals surface area contributed by atoms with E-state index in [1.54, 1.807) is 0 Å². The molecule has 7 heteroatoms. The van der Waals surface area contributed by atoms with Crippen LogP contribution in [0.3, 0.4) is 0 Å². The van der Waals surface area contributed by atoms with Gasteiger partial charge in [0.1, 0.15) is 0 Å². The highest BCUT2D eigenvalue weighted by atomic mass is 35.5. The lowest BCUT2D eigenvalue weighted by molar-refractivity contribution is -0.183. The van der Waals surface area contributed by atoms with E-state index >= 15 is 0 Å². The number of nitrogens with zero attached hydrogens (tertiary/aromatic N) is 1. The van der Waals surface area contributed by atoms with Crippen LogP contribution in [-0.2, 0) is 0 Å². The van der Waals surface area contributed by atoms with E-state index in [9.17, 15) is 13.2 Å². The first-order chi connectivity index (χ1) is 5.91. The van der Waals surface area contributed by atoms with Gasteiger partial charge in [-0.3, -0.25) is 5.41 Å². The second-order valence-electron chi connectivity index (χ2n) is 3.19. The number of guanidine groups is 1. The third kappa shape index (κ3) is 3.25. The number of likely N-dealkylation sites (tertiary alicyclic amines) is 1. The van der Waals surface area contributed by atoms with Crippen LogP contribution in [-0.4, -0.2) is 30.1 Å². The van der Waals surface area contributed by atoms with Gasteiger partial charge in [0.15, 0.2) is 5.96 Å². The Bertz CT molecular complexity index is 199. The van der Waals surface area contributed by atoms with Crippen LogP contribution in [0, 0.1) is 11.3 Å². The van der Waals surface area contributed by atoms with Crippen molar-refractivity contribution < 1.29 is 13.2 Å². The Morgan fingerprint density at radius 2 is 1.71 bits per heavy atom. The SMILES string of the molecule is Cl.N=C(N)N1CCC(C(F)(F)F)CC1. The van der Waals surface area contributed by atoms with Crippen LogP contribution in [0.2, 0.25) is 0 Å². The summed E-state index contributed by atoms with van der Waals surface area (Å²) in [6.45, 7) is 0.471. The van der Waals surface area contributed by atoms with Crippen molar-refractivity contribution in [3.8, 4) is 0 Å². The summed E-state index contributed by atoms with van der Waals surface area (Å²) in [6.07, 6.45) is -4.00. The molecule has 0 aliphatic carbocycles. The molecule has 84 valence electrons. The van der Waals surface area contributed by atoms with E-state index in [0.717, 1.165) is 0 Å². The lowest BCUT2D eigenvalue weighted by atomic mass is 9.96. The zero-order valence-electron chi connectivity index (χ0n) is 7.47. The number of piperidine rings is 1. The van der Waals surface area contributed by atoms with Gasteiger partial charge in [-0.15, -0.1) is 12.4 Å². The smallest absolute Gasteiger partial charge is 0.370 e. The molecule has 0 spiro atoms. The molecule has 14 heavy (non-hydrogen) atoms. The zero-order valence-corrected chi connectivity index (χ0v) is 8.29. The summed E-state index contributed by atoms with van der Waals surface area (Å²) in [5, 5.41) is 7.03. The van der Waals surface area contributed by atoms with Gasteiger partial charge < -0.3 is 10.6 Å². The van der Waals surface area contributed by atoms with Gasteiger partial charge in [0.2, 0.25) is 0 Å². The number of hydrogen-bond donors (Lipinski definition) is 2. The Morgan fingerprint density at radius 3 is 2.00 bits per heavy atom. The van der Waals surface area contributed by atoms with E-state index in [1.807, 2.05) is 0 Å². The van der Waals surface area contributed by atoms with Crippen molar-refractivity contribution >= 4 is 18.4 Å². The molecule has 1 aliphatic heterocycles. The van der Waals surface area contributed by atoms with Crippen molar-refractivity contribution in [1.82, 2.24) is 4.90 Å². The summed E-state index contributed by atoms with van der Waals surface area (Å²) in [5.41, 5.74) is 5.15. The Morgan fingerprint density at radius 1 is 1.29 bits per heavy atom. The highest BCUT2D eigenvalue weighted by molar-refractivity contribution is 5.85. The van der Waals surface area contributed by atoms with Gasteiger partial charge in [0, 0.05) is 13.1 Å². The molecule has 0 aromatic heterocycles. The lowest BCUT2D eigenvalue weighted by Crippen LogP contribution is -2.44. The normalized spacial score (nSPS) is 18.9. The number of alkyl halides is 3. The third-order valence-corrected chi connectivity index (χ3v) is 2.30. The monoisotopic (exact) mass is 231 g/mol. The number of nitrogens with two attached hydrogens (primary N) is 1. The minimum Gasteiger partial charge on any atom is -0.370 e. The third-order valence-electron chi connectivity index (χ3n) is 2.30. The van der Waals surface area contributed by atoms with Crippen LogP contribution in [0.4, 0.5) is 13.2 Å². The lowest BCUT2D eigenvalue weighted by Gasteiger charge is -2.32. The summed E-state index contributed by atoms with van der Waals surface area (Å²) < 4.78 is 36.5. The average molecular weight is 232 g/mol. The molecule has 3 N–H and O–H groups in total. The molecule has 0 saturated carbocycles. The number of halogens is 4. The molecular formula is C7H13ClF3N3. The first-order valence-corrected chi connectivity index (χ1v) is 4.07. The maximum atomic E-state index is 12.2. The first kappa shape index (κ1) is 13.4. The Balaban J connectivity index is 0.00000169. The topological polar surface area (TPSA) is 53.1 Å². The molecule has 1 saturated heterocycles. The van der Waals surface area contributed by atoms with Crippen LogP contribution in [0.25, 0.3) is 0 Å². The summed E-state index contributed by atoms with van der Waals surface area (Å²) in [4.78, 5) is 1.46. The Hall–Kier alpha value is -0.650. The van der Waals surface area contributed by atoms with Gasteiger partial charge in [-0.25, -0.2) is 0 Å². The van der Waals surface area contributed by atoms with Gasteiger partial charge in [-0.05, 0) is 12.8 Å². The molecule has 0 amide bonds. The highest BCUT2D eigenvalue weighted by Crippen LogP contribution is 2.33. The maximum Gasteiger partial charge on any atom is 0.391 e. The van der Waals surface area contributed by atoms with Gasteiger partial charge in [-0.1, -0.05) is 0 Å². The van der Waals surface area contributed by atoms with E-state index in [-0.39, 0.29) is 44.3 Å². The number of nitrogens with one attached hydrogen (secondary N) is 1. The highest BCUT2D eigenvalue weighted by Gasteiger charge is 2.41. The molecule has 0 aromatic carbocycles. The van der Waals surface area contributed by atoms with Gasteiger partial charge in [0.05, 0.1) is 5.92 Å². The van der Waals surface area contributed by atoms with Gasteiger partial charge >= 0.3 is 6.18 Å². The van der Waals surface area contributed by atoms with Gasteiger partial charge in [-0.2, -0.15) is 13.2 Å². The van der Waals surface area contributed by atoms with Crippen molar-refractivity contribution in [2.45, 2.75) is 19.0 Å². The predicted octanol–water partition coefficient (Wildman–Crippen LogP) is 1.58. The van der Waals surface area contributed by atoms with E-state index < -0.39 is 12.1 Å². The molecular weight excluding hydrogens is 219 g/mol. The Labute approximate surface area is 86.4 Å². The van der Waals surface area contributed by atoms with Crippen LogP contribution < -0.4 is 5.73 Å². The molecule has 1 rings (SSSR count). The zero-order chi connectivity index (χ0) is 10.1. The summed E-state index contributed by atoms with van der Waals surface area (Å²) in [6, 6.07) is 0. The van der Waals surface area contributed by atoms with Crippen molar-refractivity contribution in [3.05, 3.63) is 0 Å². The summed E-state index contributed by atoms with van der Waals surface area (Å²) >= 11 is 0. The van der Waals surface area contributed by atoms with Gasteiger partial charge in [0.25, 0.3) is 0 Å². The van der Waals surface area contributed by atoms with Crippen molar-refractivity contribution in [2.75, 3.05) is 13.1 Å². The summed E-state index contributed by atoms with van der Waals surface area (Å²) in [7, 11) is 0. The number of rotatable bonds is 0. The molecule has 0 radical (unpaired) electrons. The summed E-state index contributed by atoms with van der Waals surface area (Å²) in [5.74, 6) is -1.36. The van der Waals surface area contributed by atoms with E-state index in [0.29, 0.717) is 0 Å². The molecule has 1 aliphatic rings. The van der Waals surface area contributed by atoms with Crippen molar-refractivity contribution in [3.63, 3.8) is 0 Å². The standard InChI is InChI=1S/C7H12F3N3.ClH/c8-7(9,10)5-1-3-13(4-2-5)6(11)12;/h5H,1-4H2,(H3,11,12);1H. The quantitative estimate of drug-likeness (QED) is 0.491. The molecule has 0 aromatic rings. The fraction of sp³-hybridized carbons (Fsp3) is 0.857. The predicted molar refractivity (Wildman–Crippen MR) is 49.5 cm³/mol. The molecule has 3 nitrogen and oxygen atoms in total. The van der Waals surface area contributed by atoms with Crippen molar-refractivity contribution in [2.24, 2.45) is 11.7 Å². The molecule has 0 bridgehead atoms. The molecule has 0 unspecified atom stereocenters. The van der Waals surface area contributed by atoms with Crippen LogP contribution in [0.5, 0.6) is 0 Å². The van der Waals surface area contributed by atoms with E-state index in [2.05, 4.69) is 0 Å². The molecule has 1 fully saturated rings. The van der Waals surface area contributed by atoms with Crippen LogP contribution in [0.1, 0.15) is 12.8 Å². The van der Waals surface area contributed by atoms with E-state index in [4.69, 9.17) is 11.1 Å². The first-order valence-electron chi connectivity index (χ1n) is 4.07. The van der Waals surface area contributed by atoms with Crippen molar-refractivity contribution in [1.29, 1.82) is 5.41 Å². The fourth-order valence-corrected chi connectivity index (χ4v) is 1.45. The molecule has 1 heterocycles. The van der Waals surface area contributed by atoms with Crippen LogP contribution in [0.15, 0.2) is 0 Å². The van der Waals surface area contributed by atoms with Crippen LogP contribution >= 0.6 is 12.4 Å². The fourth-order valence-electron chi connectivity index (χ4n) is 1.45. The largest absolute Gasteiger partial charge is 0.391 e. The average Bonchev–Trinajstić information content (AvgIpc) is 2.03. The Kier molecular flexibility index (Phi) is 4.51. The second kappa shape index (κ2) is 4.72. The number of hydrogen-bond acceptors (Lipinski definition) is 1. The second-order valence-corrected chi connectivity index (χ2v) is 3.19. The minimum atomic E-state index is -4.09. The minimum absolute atomic E-state index is 0. The van der Waals surface area contributed by atoms with E-state index in [1.165, 1.54) is 4.90 Å². The maximum absolute atomic E-state index is 12.2. The molecule has 0 atom stereocenters.